The summed E-state index contributed by atoms with van der Waals surface area (Å²) in [4.78, 5) is 14.9. The van der Waals surface area contributed by atoms with Crippen LogP contribution in [0.4, 0.5) is 0 Å². The van der Waals surface area contributed by atoms with E-state index in [0.717, 1.165) is 44.0 Å². The average molecular weight is 582 g/mol. The largest absolute Gasteiger partial charge is 0.456 e. The first-order chi connectivity index (χ1) is 21.8. The molecule has 0 unspecified atom stereocenters. The highest BCUT2D eigenvalue weighted by atomic mass is 32.1. The van der Waals surface area contributed by atoms with E-state index in [9.17, 15) is 0 Å². The van der Waals surface area contributed by atoms with Crippen LogP contribution in [0.25, 0.3) is 87.4 Å². The van der Waals surface area contributed by atoms with E-state index >= 15 is 0 Å². The summed E-state index contributed by atoms with van der Waals surface area (Å²) in [5.41, 5.74) is 7.07. The molecule has 0 aliphatic carbocycles. The molecule has 3 heterocycles. The van der Waals surface area contributed by atoms with E-state index in [1.54, 1.807) is 11.3 Å². The van der Waals surface area contributed by atoms with E-state index in [1.165, 1.54) is 25.9 Å². The van der Waals surface area contributed by atoms with Crippen LogP contribution in [0.5, 0.6) is 0 Å². The molecule has 0 amide bonds. The lowest BCUT2D eigenvalue weighted by atomic mass is 9.98. The zero-order valence-corrected chi connectivity index (χ0v) is 24.3. The van der Waals surface area contributed by atoms with E-state index in [2.05, 4.69) is 60.7 Å². The number of fused-ring (bicyclic) bond motifs is 6. The van der Waals surface area contributed by atoms with Crippen LogP contribution in [0.2, 0.25) is 0 Å². The molecule has 0 radical (unpaired) electrons. The number of aromatic nitrogens is 3. The van der Waals surface area contributed by atoms with Crippen molar-refractivity contribution in [1.82, 2.24) is 15.0 Å². The molecule has 4 nitrogen and oxygen atoms in total. The molecule has 0 N–H and O–H groups in total. The Morgan fingerprint density at radius 2 is 1.05 bits per heavy atom. The van der Waals surface area contributed by atoms with Gasteiger partial charge in [-0.1, -0.05) is 115 Å². The highest BCUT2D eigenvalue weighted by Gasteiger charge is 2.18. The Morgan fingerprint density at radius 3 is 1.82 bits per heavy atom. The summed E-state index contributed by atoms with van der Waals surface area (Å²) in [6, 6.07) is 48.0. The standard InChI is InChI=1S/C39H23N3OS/c1-3-11-24(12-4-1)37-40-38(25-13-5-2-6-14-25)42-39(41-37)30-17-10-20-33-36(30)29-22-21-26(23-34(29)44-33)27-16-9-19-32-35(27)28-15-7-8-18-31(28)43-32/h1-23H. The third-order valence-corrected chi connectivity index (χ3v) is 9.27. The van der Waals surface area contributed by atoms with Gasteiger partial charge < -0.3 is 4.42 Å². The molecule has 0 atom stereocenters. The predicted molar refractivity (Wildman–Crippen MR) is 182 cm³/mol. The van der Waals surface area contributed by atoms with Crippen LogP contribution >= 0.6 is 11.3 Å². The molecule has 206 valence electrons. The van der Waals surface area contributed by atoms with Crippen LogP contribution in [0.15, 0.2) is 144 Å². The molecule has 0 spiro atoms. The van der Waals surface area contributed by atoms with Gasteiger partial charge in [-0.25, -0.2) is 15.0 Å². The molecule has 0 aliphatic heterocycles. The quantitative estimate of drug-likeness (QED) is 0.207. The number of benzene rings is 6. The number of nitrogens with zero attached hydrogens (tertiary/aromatic N) is 3. The molecule has 3 aromatic heterocycles. The van der Waals surface area contributed by atoms with Gasteiger partial charge in [-0.3, -0.25) is 0 Å². The van der Waals surface area contributed by atoms with Crippen LogP contribution in [0.3, 0.4) is 0 Å². The first-order valence-electron chi connectivity index (χ1n) is 14.5. The minimum absolute atomic E-state index is 0.661. The van der Waals surface area contributed by atoms with Crippen molar-refractivity contribution in [1.29, 1.82) is 0 Å². The number of furan rings is 1. The Hall–Kier alpha value is -5.65. The minimum Gasteiger partial charge on any atom is -0.456 e. The van der Waals surface area contributed by atoms with Crippen molar-refractivity contribution in [2.45, 2.75) is 0 Å². The highest BCUT2D eigenvalue weighted by molar-refractivity contribution is 7.26. The molecule has 44 heavy (non-hydrogen) atoms. The molecule has 6 aromatic carbocycles. The Labute approximate surface area is 256 Å². The summed E-state index contributed by atoms with van der Waals surface area (Å²) >= 11 is 1.80. The van der Waals surface area contributed by atoms with Crippen molar-refractivity contribution < 1.29 is 4.42 Å². The van der Waals surface area contributed by atoms with Gasteiger partial charge in [-0.15, -0.1) is 11.3 Å². The molecule has 0 bridgehead atoms. The first kappa shape index (κ1) is 24.9. The van der Waals surface area contributed by atoms with E-state index in [4.69, 9.17) is 19.4 Å². The van der Waals surface area contributed by atoms with E-state index in [0.29, 0.717) is 17.5 Å². The van der Waals surface area contributed by atoms with Crippen molar-refractivity contribution in [3.8, 4) is 45.3 Å². The second-order valence-electron chi connectivity index (χ2n) is 10.8. The van der Waals surface area contributed by atoms with E-state index in [1.807, 2.05) is 78.9 Å². The summed E-state index contributed by atoms with van der Waals surface area (Å²) in [6.45, 7) is 0. The van der Waals surface area contributed by atoms with Gasteiger partial charge in [0.1, 0.15) is 11.2 Å². The fraction of sp³-hybridized carbons (Fsp3) is 0. The molecule has 0 saturated carbocycles. The maximum Gasteiger partial charge on any atom is 0.164 e. The average Bonchev–Trinajstić information content (AvgIpc) is 3.67. The Morgan fingerprint density at radius 1 is 0.409 bits per heavy atom. The van der Waals surface area contributed by atoms with Gasteiger partial charge in [0, 0.05) is 47.6 Å². The topological polar surface area (TPSA) is 51.8 Å². The zero-order chi connectivity index (χ0) is 29.0. The van der Waals surface area contributed by atoms with Gasteiger partial charge in [-0.05, 0) is 35.4 Å². The lowest BCUT2D eigenvalue weighted by Crippen LogP contribution is -2.00. The lowest BCUT2D eigenvalue weighted by Gasteiger charge is -2.09. The number of hydrogen-bond acceptors (Lipinski definition) is 5. The van der Waals surface area contributed by atoms with E-state index < -0.39 is 0 Å². The summed E-state index contributed by atoms with van der Waals surface area (Å²) in [5, 5.41) is 4.64. The first-order valence-corrected chi connectivity index (χ1v) is 15.3. The van der Waals surface area contributed by atoms with Crippen LogP contribution in [0, 0.1) is 0 Å². The van der Waals surface area contributed by atoms with Crippen LogP contribution in [-0.4, -0.2) is 15.0 Å². The molecule has 9 aromatic rings. The van der Waals surface area contributed by atoms with Crippen molar-refractivity contribution in [2.24, 2.45) is 0 Å². The summed E-state index contributed by atoms with van der Waals surface area (Å²) in [7, 11) is 0. The van der Waals surface area contributed by atoms with Gasteiger partial charge in [0.05, 0.1) is 0 Å². The predicted octanol–water partition coefficient (Wildman–Crippen LogP) is 10.8. The Balaban J connectivity index is 1.25. The Kier molecular flexibility index (Phi) is 5.64. The van der Waals surface area contributed by atoms with Gasteiger partial charge in [0.2, 0.25) is 0 Å². The zero-order valence-electron chi connectivity index (χ0n) is 23.4. The maximum atomic E-state index is 6.18. The minimum atomic E-state index is 0.661. The smallest absolute Gasteiger partial charge is 0.164 e. The number of para-hydroxylation sites is 1. The van der Waals surface area contributed by atoms with Gasteiger partial charge in [-0.2, -0.15) is 0 Å². The van der Waals surface area contributed by atoms with Gasteiger partial charge in [0.15, 0.2) is 17.5 Å². The second kappa shape index (κ2) is 9.97. The molecular weight excluding hydrogens is 559 g/mol. The fourth-order valence-electron chi connectivity index (χ4n) is 6.12. The third-order valence-electron chi connectivity index (χ3n) is 8.15. The molecule has 0 fully saturated rings. The normalized spacial score (nSPS) is 11.6. The van der Waals surface area contributed by atoms with Gasteiger partial charge in [0.25, 0.3) is 0 Å². The second-order valence-corrected chi connectivity index (χ2v) is 11.9. The van der Waals surface area contributed by atoms with Crippen molar-refractivity contribution >= 4 is 53.4 Å². The van der Waals surface area contributed by atoms with E-state index in [-0.39, 0.29) is 0 Å². The monoisotopic (exact) mass is 581 g/mol. The van der Waals surface area contributed by atoms with Crippen molar-refractivity contribution in [2.75, 3.05) is 0 Å². The highest BCUT2D eigenvalue weighted by Crippen LogP contribution is 2.43. The summed E-state index contributed by atoms with van der Waals surface area (Å²) < 4.78 is 8.60. The van der Waals surface area contributed by atoms with Crippen LogP contribution in [0.1, 0.15) is 0 Å². The van der Waals surface area contributed by atoms with Crippen molar-refractivity contribution in [3.63, 3.8) is 0 Å². The fourth-order valence-corrected chi connectivity index (χ4v) is 7.30. The molecular formula is C39H23N3OS. The van der Waals surface area contributed by atoms with Crippen LogP contribution < -0.4 is 0 Å². The summed E-state index contributed by atoms with van der Waals surface area (Å²) in [5.74, 6) is 1.99. The Bertz CT molecular complexity index is 2440. The maximum absolute atomic E-state index is 6.18. The SMILES string of the molecule is c1ccc(-c2nc(-c3ccccc3)nc(-c3cccc4sc5cc(-c6cccc7oc8ccccc8c67)ccc5c34)n2)cc1. The van der Waals surface area contributed by atoms with Crippen molar-refractivity contribution in [3.05, 3.63) is 140 Å². The number of thiophene rings is 1. The molecule has 5 heteroatoms. The van der Waals surface area contributed by atoms with Gasteiger partial charge >= 0.3 is 0 Å². The number of rotatable bonds is 4. The summed E-state index contributed by atoms with van der Waals surface area (Å²) in [6.07, 6.45) is 0. The molecule has 9 rings (SSSR count). The third kappa shape index (κ3) is 4.02. The molecule has 0 saturated heterocycles. The molecule has 0 aliphatic rings. The van der Waals surface area contributed by atoms with Crippen LogP contribution in [-0.2, 0) is 0 Å². The lowest BCUT2D eigenvalue weighted by molar-refractivity contribution is 0.669. The number of hydrogen-bond donors (Lipinski definition) is 0.